The molecule has 0 bridgehead atoms. The summed E-state index contributed by atoms with van der Waals surface area (Å²) in [6.45, 7) is 4.68. The van der Waals surface area contributed by atoms with Crippen molar-refractivity contribution in [2.24, 2.45) is 0 Å². The number of benzene rings is 3. The van der Waals surface area contributed by atoms with Gasteiger partial charge in [0.2, 0.25) is 0 Å². The Balaban J connectivity index is 1.50. The minimum absolute atomic E-state index is 0.0833. The van der Waals surface area contributed by atoms with Crippen molar-refractivity contribution in [1.29, 1.82) is 0 Å². The first-order valence-corrected chi connectivity index (χ1v) is 17.0. The lowest BCUT2D eigenvalue weighted by atomic mass is 10.3. The molecule has 0 fully saturated rings. The van der Waals surface area contributed by atoms with Crippen molar-refractivity contribution in [3.05, 3.63) is 48.5 Å². The zero-order valence-corrected chi connectivity index (χ0v) is 26.1. The number of fused-ring (bicyclic) bond motifs is 2. The highest BCUT2D eigenvalue weighted by atomic mass is 32.2. The third kappa shape index (κ3) is 6.01. The standard InChI is InChI=1S/C26H26N4O8S4/c1-5-37-15-7-9-17-21(11-15)39-25(27-17)29-41(31,32)23-14-24(20(36-4)13-19(23)35-3)42(33,34)30-26-28-18-10-8-16(38-6-2)12-22(18)40-26/h7-14H,5-6H2,1-4H3,(H,27,29)(H,28,30). The Morgan fingerprint density at radius 3 is 1.48 bits per heavy atom. The zero-order chi connectivity index (χ0) is 30.1. The van der Waals surface area contributed by atoms with Crippen LogP contribution in [0.2, 0.25) is 0 Å². The number of rotatable bonds is 12. The highest BCUT2D eigenvalue weighted by molar-refractivity contribution is 7.94. The van der Waals surface area contributed by atoms with Gasteiger partial charge in [0.15, 0.2) is 10.3 Å². The Bertz CT molecular complexity index is 1850. The molecule has 12 nitrogen and oxygen atoms in total. The van der Waals surface area contributed by atoms with Gasteiger partial charge in [-0.15, -0.1) is 0 Å². The first-order chi connectivity index (χ1) is 20.1. The number of nitrogens with zero attached hydrogens (tertiary/aromatic N) is 2. The zero-order valence-electron chi connectivity index (χ0n) is 22.8. The van der Waals surface area contributed by atoms with Gasteiger partial charge in [-0.1, -0.05) is 22.7 Å². The summed E-state index contributed by atoms with van der Waals surface area (Å²) in [6, 6.07) is 12.6. The molecule has 0 atom stereocenters. The molecular formula is C26H26N4O8S4. The van der Waals surface area contributed by atoms with E-state index in [1.54, 1.807) is 36.4 Å². The Labute approximate surface area is 250 Å². The van der Waals surface area contributed by atoms with Crippen LogP contribution in [0.4, 0.5) is 10.3 Å². The Hall–Kier alpha value is -3.86. The van der Waals surface area contributed by atoms with Gasteiger partial charge in [-0.2, -0.15) is 0 Å². The lowest BCUT2D eigenvalue weighted by Gasteiger charge is -2.15. The molecule has 16 heteroatoms. The molecule has 0 aliphatic heterocycles. The minimum atomic E-state index is -4.37. The molecule has 0 radical (unpaired) electrons. The van der Waals surface area contributed by atoms with E-state index in [0.717, 1.165) is 28.7 Å². The average Bonchev–Trinajstić information content (AvgIpc) is 3.53. The highest BCUT2D eigenvalue weighted by Gasteiger charge is 2.29. The summed E-state index contributed by atoms with van der Waals surface area (Å²) < 4.78 is 82.0. The van der Waals surface area contributed by atoms with Crippen LogP contribution in [0.15, 0.2) is 58.3 Å². The number of methoxy groups -OCH3 is 2. The molecule has 0 aliphatic carbocycles. The van der Waals surface area contributed by atoms with E-state index in [1.165, 1.54) is 20.3 Å². The van der Waals surface area contributed by atoms with Crippen molar-refractivity contribution in [3.63, 3.8) is 0 Å². The average molecular weight is 651 g/mol. The fraction of sp³-hybridized carbons (Fsp3) is 0.231. The normalized spacial score (nSPS) is 11.9. The van der Waals surface area contributed by atoms with Crippen LogP contribution in [0.5, 0.6) is 23.0 Å². The molecule has 0 spiro atoms. The van der Waals surface area contributed by atoms with Crippen molar-refractivity contribution in [3.8, 4) is 23.0 Å². The largest absolute Gasteiger partial charge is 0.495 e. The molecule has 0 amide bonds. The Morgan fingerprint density at radius 1 is 0.667 bits per heavy atom. The minimum Gasteiger partial charge on any atom is -0.495 e. The third-order valence-electron chi connectivity index (χ3n) is 5.81. The molecule has 2 aromatic heterocycles. The van der Waals surface area contributed by atoms with Crippen LogP contribution >= 0.6 is 22.7 Å². The molecule has 0 saturated carbocycles. The van der Waals surface area contributed by atoms with Crippen LogP contribution < -0.4 is 28.4 Å². The van der Waals surface area contributed by atoms with E-state index in [4.69, 9.17) is 18.9 Å². The number of thiazole rings is 2. The number of hydrogen-bond acceptors (Lipinski definition) is 12. The second kappa shape index (κ2) is 11.8. The summed E-state index contributed by atoms with van der Waals surface area (Å²) in [5.74, 6) is 1.01. The number of hydrogen-bond donors (Lipinski definition) is 2. The van der Waals surface area contributed by atoms with Crippen LogP contribution in [-0.2, 0) is 20.0 Å². The fourth-order valence-corrected chi connectivity index (χ4v) is 8.70. The number of aromatic nitrogens is 2. The number of anilines is 2. The van der Waals surface area contributed by atoms with Crippen molar-refractivity contribution < 1.29 is 35.8 Å². The fourth-order valence-electron chi connectivity index (χ4n) is 4.01. The Kier molecular flexibility index (Phi) is 8.32. The van der Waals surface area contributed by atoms with E-state index >= 15 is 0 Å². The Morgan fingerprint density at radius 2 is 1.10 bits per heavy atom. The van der Waals surface area contributed by atoms with E-state index < -0.39 is 29.8 Å². The molecule has 0 aliphatic rings. The quantitative estimate of drug-likeness (QED) is 0.181. The number of ether oxygens (including phenoxy) is 4. The monoisotopic (exact) mass is 650 g/mol. The van der Waals surface area contributed by atoms with Gasteiger partial charge >= 0.3 is 0 Å². The molecule has 2 heterocycles. The summed E-state index contributed by atoms with van der Waals surface area (Å²) >= 11 is 2.21. The first-order valence-electron chi connectivity index (χ1n) is 12.4. The van der Waals surface area contributed by atoms with Crippen LogP contribution in [0, 0.1) is 0 Å². The second-order valence-corrected chi connectivity index (χ2v) is 13.9. The molecule has 5 aromatic rings. The van der Waals surface area contributed by atoms with Gasteiger partial charge in [-0.25, -0.2) is 26.8 Å². The smallest absolute Gasteiger partial charge is 0.267 e. The summed E-state index contributed by atoms with van der Waals surface area (Å²) in [4.78, 5) is 7.83. The van der Waals surface area contributed by atoms with Crippen LogP contribution in [0.3, 0.4) is 0 Å². The number of nitrogens with one attached hydrogen (secondary N) is 2. The number of sulfonamides is 2. The van der Waals surface area contributed by atoms with E-state index in [1.807, 2.05) is 13.8 Å². The van der Waals surface area contributed by atoms with Crippen molar-refractivity contribution in [2.45, 2.75) is 23.6 Å². The predicted octanol–water partition coefficient (Wildman–Crippen LogP) is 5.32. The first kappa shape index (κ1) is 29.6. The van der Waals surface area contributed by atoms with E-state index in [2.05, 4.69) is 19.4 Å². The SMILES string of the molecule is CCOc1ccc2nc(NS(=O)(=O)c3cc(S(=O)(=O)Nc4nc5ccc(OCC)cc5s4)c(OC)cc3OC)sc2c1. The van der Waals surface area contributed by atoms with Gasteiger partial charge < -0.3 is 18.9 Å². The predicted molar refractivity (Wildman–Crippen MR) is 163 cm³/mol. The maximum Gasteiger partial charge on any atom is 0.267 e. The molecule has 222 valence electrons. The van der Waals surface area contributed by atoms with Gasteiger partial charge in [-0.05, 0) is 56.3 Å². The summed E-state index contributed by atoms with van der Waals surface area (Å²) in [5.41, 5.74) is 1.14. The lowest BCUT2D eigenvalue weighted by molar-refractivity contribution is 0.340. The van der Waals surface area contributed by atoms with Gasteiger partial charge in [-0.3, -0.25) is 9.44 Å². The summed E-state index contributed by atoms with van der Waals surface area (Å²) in [6.07, 6.45) is 0. The maximum absolute atomic E-state index is 13.5. The summed E-state index contributed by atoms with van der Waals surface area (Å²) in [5, 5.41) is 0.167. The van der Waals surface area contributed by atoms with Crippen LogP contribution in [0.1, 0.15) is 13.8 Å². The maximum atomic E-state index is 13.5. The van der Waals surface area contributed by atoms with Crippen molar-refractivity contribution in [2.75, 3.05) is 36.9 Å². The second-order valence-electron chi connectivity index (χ2n) is 8.53. The molecule has 0 saturated heterocycles. The van der Waals surface area contributed by atoms with Gasteiger partial charge in [0, 0.05) is 6.07 Å². The van der Waals surface area contributed by atoms with E-state index in [-0.39, 0.29) is 21.8 Å². The van der Waals surface area contributed by atoms with Crippen molar-refractivity contribution in [1.82, 2.24) is 9.97 Å². The van der Waals surface area contributed by atoms with Crippen LogP contribution in [-0.4, -0.2) is 54.2 Å². The van der Waals surface area contributed by atoms with E-state index in [0.29, 0.717) is 45.1 Å². The van der Waals surface area contributed by atoms with Gasteiger partial charge in [0.05, 0.1) is 47.9 Å². The molecule has 2 N–H and O–H groups in total. The highest BCUT2D eigenvalue weighted by Crippen LogP contribution is 2.38. The third-order valence-corrected chi connectivity index (χ3v) is 10.7. The van der Waals surface area contributed by atoms with Crippen LogP contribution in [0.25, 0.3) is 20.4 Å². The topological polar surface area (TPSA) is 155 Å². The van der Waals surface area contributed by atoms with Crippen molar-refractivity contribution >= 4 is 73.4 Å². The van der Waals surface area contributed by atoms with E-state index in [9.17, 15) is 16.8 Å². The molecule has 0 unspecified atom stereocenters. The lowest BCUT2D eigenvalue weighted by Crippen LogP contribution is -2.18. The van der Waals surface area contributed by atoms with Gasteiger partial charge in [0.25, 0.3) is 20.0 Å². The van der Waals surface area contributed by atoms with Gasteiger partial charge in [0.1, 0.15) is 32.8 Å². The molecule has 5 rings (SSSR count). The molecule has 3 aromatic carbocycles. The summed E-state index contributed by atoms with van der Waals surface area (Å²) in [7, 11) is -6.20. The molecular weight excluding hydrogens is 625 g/mol. The molecule has 42 heavy (non-hydrogen) atoms.